The van der Waals surface area contributed by atoms with Crippen molar-refractivity contribution in [2.45, 2.75) is 13.5 Å². The molecule has 2 rings (SSSR count). The number of halogens is 1. The molecule has 124 valence electrons. The summed E-state index contributed by atoms with van der Waals surface area (Å²) in [6.07, 6.45) is 0. The van der Waals surface area contributed by atoms with E-state index in [4.69, 9.17) is 15.2 Å². The molecule has 0 saturated heterocycles. The summed E-state index contributed by atoms with van der Waals surface area (Å²) >= 11 is 0. The summed E-state index contributed by atoms with van der Waals surface area (Å²) in [5.74, 6) is 1.91. The molecule has 0 spiro atoms. The lowest BCUT2D eigenvalue weighted by Crippen LogP contribution is -2.22. The van der Waals surface area contributed by atoms with E-state index in [-0.39, 0.29) is 24.0 Å². The zero-order valence-corrected chi connectivity index (χ0v) is 15.8. The Kier molecular flexibility index (Phi) is 7.67. The van der Waals surface area contributed by atoms with Crippen molar-refractivity contribution in [3.8, 4) is 11.5 Å². The lowest BCUT2D eigenvalue weighted by Gasteiger charge is -2.10. The average Bonchev–Trinajstić information content (AvgIpc) is 2.54. The van der Waals surface area contributed by atoms with Gasteiger partial charge >= 0.3 is 0 Å². The number of para-hydroxylation sites is 2. The fraction of sp³-hybridized carbons (Fsp3) is 0.235. The number of aryl methyl sites for hydroxylation is 1. The molecule has 0 aliphatic rings. The van der Waals surface area contributed by atoms with Crippen LogP contribution in [0, 0.1) is 6.92 Å². The molecule has 0 fully saturated rings. The van der Waals surface area contributed by atoms with E-state index in [1.54, 1.807) is 14.2 Å². The Labute approximate surface area is 153 Å². The molecule has 5 nitrogen and oxygen atoms in total. The van der Waals surface area contributed by atoms with Crippen LogP contribution < -0.4 is 20.5 Å². The number of rotatable bonds is 5. The number of nitrogens with one attached hydrogen (secondary N) is 1. The number of hydrogen-bond donors (Lipinski definition) is 2. The molecule has 2 aromatic carbocycles. The van der Waals surface area contributed by atoms with E-state index in [0.717, 1.165) is 28.3 Å². The minimum absolute atomic E-state index is 0. The number of anilines is 1. The van der Waals surface area contributed by atoms with E-state index in [0.29, 0.717) is 12.5 Å². The van der Waals surface area contributed by atoms with Gasteiger partial charge in [-0.3, -0.25) is 0 Å². The maximum Gasteiger partial charge on any atom is 0.193 e. The second-order valence-corrected chi connectivity index (χ2v) is 4.83. The number of hydrogen-bond acceptors (Lipinski definition) is 3. The summed E-state index contributed by atoms with van der Waals surface area (Å²) in [5, 5.41) is 3.04. The Morgan fingerprint density at radius 3 is 2.48 bits per heavy atom. The van der Waals surface area contributed by atoms with Gasteiger partial charge in [-0.15, -0.1) is 24.0 Å². The highest BCUT2D eigenvalue weighted by Crippen LogP contribution is 2.23. The fourth-order valence-electron chi connectivity index (χ4n) is 2.06. The van der Waals surface area contributed by atoms with Crippen molar-refractivity contribution in [2.24, 2.45) is 10.7 Å². The van der Waals surface area contributed by atoms with Gasteiger partial charge in [0.05, 0.1) is 26.5 Å². The van der Waals surface area contributed by atoms with Gasteiger partial charge in [0, 0.05) is 0 Å². The van der Waals surface area contributed by atoms with Gasteiger partial charge in [-0.2, -0.15) is 0 Å². The molecule has 3 N–H and O–H groups in total. The van der Waals surface area contributed by atoms with Gasteiger partial charge in [0.2, 0.25) is 0 Å². The van der Waals surface area contributed by atoms with Crippen LogP contribution in [0.2, 0.25) is 0 Å². The van der Waals surface area contributed by atoms with E-state index in [9.17, 15) is 0 Å². The highest BCUT2D eigenvalue weighted by atomic mass is 127. The van der Waals surface area contributed by atoms with Crippen LogP contribution in [0.15, 0.2) is 47.5 Å². The predicted octanol–water partition coefficient (Wildman–Crippen LogP) is 3.56. The van der Waals surface area contributed by atoms with Gasteiger partial charge in [0.15, 0.2) is 5.96 Å². The monoisotopic (exact) mass is 427 g/mol. The number of ether oxygens (including phenoxy) is 2. The standard InChI is InChI=1S/C17H21N3O2.HI/c1-12-8-9-13(10-16(12)22-3)11-19-17(18)20-14-6-4-5-7-15(14)21-2;/h4-10H,11H2,1-3H3,(H3,18,19,20);1H. The Morgan fingerprint density at radius 1 is 1.09 bits per heavy atom. The zero-order chi connectivity index (χ0) is 15.9. The maximum atomic E-state index is 5.93. The summed E-state index contributed by atoms with van der Waals surface area (Å²) in [6.45, 7) is 2.48. The van der Waals surface area contributed by atoms with Crippen LogP contribution in [0.5, 0.6) is 11.5 Å². The first-order valence-electron chi connectivity index (χ1n) is 6.97. The van der Waals surface area contributed by atoms with Crippen molar-refractivity contribution >= 4 is 35.6 Å². The Bertz CT molecular complexity index is 675. The molecule has 0 atom stereocenters. The van der Waals surface area contributed by atoms with Gasteiger partial charge in [-0.05, 0) is 36.2 Å². The number of nitrogens with two attached hydrogens (primary N) is 1. The van der Waals surface area contributed by atoms with E-state index in [1.165, 1.54) is 0 Å². The van der Waals surface area contributed by atoms with Crippen LogP contribution in [-0.2, 0) is 6.54 Å². The SMILES string of the molecule is COc1cc(CN=C(N)Nc2ccccc2OC)ccc1C.I. The van der Waals surface area contributed by atoms with Crippen LogP contribution in [0.3, 0.4) is 0 Å². The summed E-state index contributed by atoms with van der Waals surface area (Å²) in [5.41, 5.74) is 8.84. The first-order valence-corrected chi connectivity index (χ1v) is 6.97. The largest absolute Gasteiger partial charge is 0.496 e. The summed E-state index contributed by atoms with van der Waals surface area (Å²) in [7, 11) is 3.28. The number of guanidine groups is 1. The lowest BCUT2D eigenvalue weighted by molar-refractivity contribution is 0.411. The Hall–Kier alpha value is -1.96. The number of benzene rings is 2. The molecule has 0 aliphatic heterocycles. The molecular formula is C17H22IN3O2. The minimum Gasteiger partial charge on any atom is -0.496 e. The molecule has 6 heteroatoms. The van der Waals surface area contributed by atoms with Crippen molar-refractivity contribution in [2.75, 3.05) is 19.5 Å². The molecule has 0 saturated carbocycles. The van der Waals surface area contributed by atoms with Crippen LogP contribution in [0.4, 0.5) is 5.69 Å². The van der Waals surface area contributed by atoms with Crippen molar-refractivity contribution in [3.63, 3.8) is 0 Å². The maximum absolute atomic E-state index is 5.93. The number of nitrogens with zero attached hydrogens (tertiary/aromatic N) is 1. The Balaban J connectivity index is 0.00000264. The van der Waals surface area contributed by atoms with E-state index < -0.39 is 0 Å². The smallest absolute Gasteiger partial charge is 0.193 e. The quantitative estimate of drug-likeness (QED) is 0.435. The van der Waals surface area contributed by atoms with Crippen molar-refractivity contribution in [1.29, 1.82) is 0 Å². The van der Waals surface area contributed by atoms with Crippen LogP contribution in [-0.4, -0.2) is 20.2 Å². The van der Waals surface area contributed by atoms with Gasteiger partial charge in [-0.25, -0.2) is 4.99 Å². The second-order valence-electron chi connectivity index (χ2n) is 4.83. The third-order valence-corrected chi connectivity index (χ3v) is 3.27. The molecule has 0 aromatic heterocycles. The Morgan fingerprint density at radius 2 is 1.78 bits per heavy atom. The van der Waals surface area contributed by atoms with E-state index >= 15 is 0 Å². The summed E-state index contributed by atoms with van der Waals surface area (Å²) in [6, 6.07) is 13.5. The molecular weight excluding hydrogens is 405 g/mol. The molecule has 23 heavy (non-hydrogen) atoms. The topological polar surface area (TPSA) is 68.9 Å². The van der Waals surface area contributed by atoms with E-state index in [1.807, 2.05) is 49.4 Å². The molecule has 0 unspecified atom stereocenters. The normalized spacial score (nSPS) is 10.7. The molecule has 0 heterocycles. The van der Waals surface area contributed by atoms with Crippen LogP contribution in [0.1, 0.15) is 11.1 Å². The van der Waals surface area contributed by atoms with Gasteiger partial charge in [0.25, 0.3) is 0 Å². The lowest BCUT2D eigenvalue weighted by atomic mass is 10.1. The van der Waals surface area contributed by atoms with Crippen LogP contribution in [0.25, 0.3) is 0 Å². The summed E-state index contributed by atoms with van der Waals surface area (Å²) in [4.78, 5) is 4.34. The van der Waals surface area contributed by atoms with Crippen LogP contribution >= 0.6 is 24.0 Å². The third-order valence-electron chi connectivity index (χ3n) is 3.27. The van der Waals surface area contributed by atoms with Gasteiger partial charge in [-0.1, -0.05) is 24.3 Å². The number of methoxy groups -OCH3 is 2. The van der Waals surface area contributed by atoms with Gasteiger partial charge < -0.3 is 20.5 Å². The third kappa shape index (κ3) is 5.31. The second kappa shape index (κ2) is 9.24. The predicted molar refractivity (Wildman–Crippen MR) is 105 cm³/mol. The first kappa shape index (κ1) is 19.1. The highest BCUT2D eigenvalue weighted by Gasteiger charge is 2.03. The highest BCUT2D eigenvalue weighted by molar-refractivity contribution is 14.0. The van der Waals surface area contributed by atoms with Crippen molar-refractivity contribution in [3.05, 3.63) is 53.6 Å². The molecule has 0 bridgehead atoms. The fourth-order valence-corrected chi connectivity index (χ4v) is 2.06. The molecule has 0 aliphatic carbocycles. The number of aliphatic imine (C=N–C) groups is 1. The van der Waals surface area contributed by atoms with Gasteiger partial charge in [0.1, 0.15) is 11.5 Å². The first-order chi connectivity index (χ1) is 10.6. The minimum atomic E-state index is 0. The van der Waals surface area contributed by atoms with Crippen molar-refractivity contribution in [1.82, 2.24) is 0 Å². The van der Waals surface area contributed by atoms with Crippen molar-refractivity contribution < 1.29 is 9.47 Å². The molecule has 0 radical (unpaired) electrons. The molecule has 2 aromatic rings. The van der Waals surface area contributed by atoms with E-state index in [2.05, 4.69) is 10.3 Å². The summed E-state index contributed by atoms with van der Waals surface area (Å²) < 4.78 is 10.6. The zero-order valence-electron chi connectivity index (χ0n) is 13.5. The average molecular weight is 427 g/mol. The molecule has 0 amide bonds.